The van der Waals surface area contributed by atoms with Crippen molar-refractivity contribution in [2.45, 2.75) is 32.0 Å². The van der Waals surface area contributed by atoms with Crippen LogP contribution in [0.5, 0.6) is 0 Å². The Kier molecular flexibility index (Phi) is 5.95. The molecule has 2 rings (SSSR count). The zero-order valence-corrected chi connectivity index (χ0v) is 11.4. The Bertz CT molecular complexity index is 433. The van der Waals surface area contributed by atoms with E-state index in [2.05, 4.69) is 5.32 Å². The first kappa shape index (κ1) is 14.9. The molecule has 0 spiro atoms. The zero-order valence-electron chi connectivity index (χ0n) is 11.4. The fraction of sp³-hybridized carbons (Fsp3) is 0.533. The van der Waals surface area contributed by atoms with E-state index in [4.69, 9.17) is 9.47 Å². The van der Waals surface area contributed by atoms with Gasteiger partial charge in [-0.1, -0.05) is 12.1 Å². The van der Waals surface area contributed by atoms with Crippen molar-refractivity contribution in [3.8, 4) is 0 Å². The first-order valence-corrected chi connectivity index (χ1v) is 6.98. The largest absolute Gasteiger partial charge is 0.356 e. The third-order valence-corrected chi connectivity index (χ3v) is 3.13. The van der Waals surface area contributed by atoms with E-state index in [1.54, 1.807) is 6.07 Å². The number of carbonyl (C=O) groups excluding carboxylic acids is 1. The molecule has 1 heterocycles. The van der Waals surface area contributed by atoms with Gasteiger partial charge < -0.3 is 14.8 Å². The topological polar surface area (TPSA) is 47.6 Å². The Morgan fingerprint density at radius 3 is 2.90 bits per heavy atom. The molecule has 0 atom stereocenters. The number of amides is 1. The molecule has 0 bridgehead atoms. The Balaban J connectivity index is 1.60. The standard InChI is InChI=1S/C15H20FNO3/c16-13-4-1-3-12(11-13)5-6-14(18)17-8-7-15-19-9-2-10-20-15/h1,3-4,11,15H,2,5-10H2,(H,17,18). The molecule has 1 amide bonds. The average molecular weight is 281 g/mol. The fourth-order valence-electron chi connectivity index (χ4n) is 2.07. The van der Waals surface area contributed by atoms with Crippen LogP contribution in [0.15, 0.2) is 24.3 Å². The van der Waals surface area contributed by atoms with Crippen LogP contribution in [0, 0.1) is 5.82 Å². The van der Waals surface area contributed by atoms with Gasteiger partial charge in [-0.25, -0.2) is 4.39 Å². The smallest absolute Gasteiger partial charge is 0.220 e. The molecule has 1 aliphatic rings. The van der Waals surface area contributed by atoms with Gasteiger partial charge in [0.05, 0.1) is 13.2 Å². The summed E-state index contributed by atoms with van der Waals surface area (Å²) in [7, 11) is 0. The van der Waals surface area contributed by atoms with Gasteiger partial charge in [-0.2, -0.15) is 0 Å². The Labute approximate surface area is 118 Å². The van der Waals surface area contributed by atoms with Crippen LogP contribution < -0.4 is 5.32 Å². The van der Waals surface area contributed by atoms with E-state index in [0.717, 1.165) is 25.2 Å². The number of carbonyl (C=O) groups is 1. The molecule has 1 N–H and O–H groups in total. The summed E-state index contributed by atoms with van der Waals surface area (Å²) in [6.07, 6.45) is 2.28. The first-order chi connectivity index (χ1) is 9.74. The van der Waals surface area contributed by atoms with Crippen LogP contribution in [0.4, 0.5) is 4.39 Å². The lowest BCUT2D eigenvalue weighted by Crippen LogP contribution is -2.31. The normalized spacial score (nSPS) is 16.1. The number of nitrogens with one attached hydrogen (secondary N) is 1. The minimum Gasteiger partial charge on any atom is -0.356 e. The average Bonchev–Trinajstić information content (AvgIpc) is 2.46. The number of hydrogen-bond acceptors (Lipinski definition) is 3. The number of aryl methyl sites for hydroxylation is 1. The molecule has 0 aliphatic carbocycles. The summed E-state index contributed by atoms with van der Waals surface area (Å²) in [5.74, 6) is -0.306. The number of hydrogen-bond donors (Lipinski definition) is 1. The van der Waals surface area contributed by atoms with E-state index >= 15 is 0 Å². The van der Waals surface area contributed by atoms with E-state index < -0.39 is 0 Å². The van der Waals surface area contributed by atoms with Crippen LogP contribution in [0.25, 0.3) is 0 Å². The molecule has 110 valence electrons. The summed E-state index contributed by atoms with van der Waals surface area (Å²) in [6.45, 7) is 1.98. The maximum absolute atomic E-state index is 13.0. The monoisotopic (exact) mass is 281 g/mol. The molecule has 0 saturated carbocycles. The second-order valence-corrected chi connectivity index (χ2v) is 4.79. The summed E-state index contributed by atoms with van der Waals surface area (Å²) in [6, 6.07) is 6.32. The lowest BCUT2D eigenvalue weighted by molar-refractivity contribution is -0.180. The predicted octanol–water partition coefficient (Wildman–Crippen LogP) is 2.03. The molecular weight excluding hydrogens is 261 g/mol. The highest BCUT2D eigenvalue weighted by atomic mass is 19.1. The van der Waals surface area contributed by atoms with Gasteiger partial charge in [-0.3, -0.25) is 4.79 Å². The molecule has 5 heteroatoms. The van der Waals surface area contributed by atoms with E-state index in [1.807, 2.05) is 6.07 Å². The fourth-order valence-corrected chi connectivity index (χ4v) is 2.07. The van der Waals surface area contributed by atoms with Crippen molar-refractivity contribution < 1.29 is 18.7 Å². The van der Waals surface area contributed by atoms with Gasteiger partial charge in [0.25, 0.3) is 0 Å². The van der Waals surface area contributed by atoms with Gasteiger partial charge in [0.1, 0.15) is 5.82 Å². The van der Waals surface area contributed by atoms with Crippen molar-refractivity contribution in [1.29, 1.82) is 0 Å². The second-order valence-electron chi connectivity index (χ2n) is 4.79. The Morgan fingerprint density at radius 1 is 1.35 bits per heavy atom. The molecule has 1 fully saturated rings. The highest BCUT2D eigenvalue weighted by Gasteiger charge is 2.13. The minimum absolute atomic E-state index is 0.0370. The van der Waals surface area contributed by atoms with Crippen molar-refractivity contribution in [2.24, 2.45) is 0 Å². The molecule has 4 nitrogen and oxygen atoms in total. The molecule has 0 aromatic heterocycles. The second kappa shape index (κ2) is 7.97. The Morgan fingerprint density at radius 2 is 2.15 bits per heavy atom. The van der Waals surface area contributed by atoms with E-state index in [0.29, 0.717) is 25.8 Å². The maximum Gasteiger partial charge on any atom is 0.220 e. The quantitative estimate of drug-likeness (QED) is 0.868. The first-order valence-electron chi connectivity index (χ1n) is 6.98. The van der Waals surface area contributed by atoms with Gasteiger partial charge in [-0.15, -0.1) is 0 Å². The van der Waals surface area contributed by atoms with Crippen LogP contribution in [0.3, 0.4) is 0 Å². The van der Waals surface area contributed by atoms with Crippen molar-refractivity contribution in [1.82, 2.24) is 5.32 Å². The molecule has 1 aliphatic heterocycles. The summed E-state index contributed by atoms with van der Waals surface area (Å²) in [5.41, 5.74) is 0.832. The van der Waals surface area contributed by atoms with Gasteiger partial charge >= 0.3 is 0 Å². The Hall–Kier alpha value is -1.46. The van der Waals surface area contributed by atoms with Gasteiger partial charge in [0, 0.05) is 19.4 Å². The molecule has 1 saturated heterocycles. The third-order valence-electron chi connectivity index (χ3n) is 3.13. The molecular formula is C15H20FNO3. The van der Waals surface area contributed by atoms with Gasteiger partial charge in [0.15, 0.2) is 6.29 Å². The summed E-state index contributed by atoms with van der Waals surface area (Å²) in [4.78, 5) is 11.7. The SMILES string of the molecule is O=C(CCc1cccc(F)c1)NCCC1OCCCO1. The van der Waals surface area contributed by atoms with Crippen molar-refractivity contribution in [3.05, 3.63) is 35.6 Å². The van der Waals surface area contributed by atoms with Crippen LogP contribution in [-0.4, -0.2) is 32.0 Å². The van der Waals surface area contributed by atoms with Crippen molar-refractivity contribution >= 4 is 5.91 Å². The lowest BCUT2D eigenvalue weighted by atomic mass is 10.1. The zero-order chi connectivity index (χ0) is 14.2. The summed E-state index contributed by atoms with van der Waals surface area (Å²) in [5, 5.41) is 2.82. The number of rotatable bonds is 6. The molecule has 20 heavy (non-hydrogen) atoms. The van der Waals surface area contributed by atoms with E-state index in [-0.39, 0.29) is 18.0 Å². The predicted molar refractivity (Wildman–Crippen MR) is 72.7 cm³/mol. The van der Waals surface area contributed by atoms with Gasteiger partial charge in [-0.05, 0) is 30.5 Å². The van der Waals surface area contributed by atoms with Crippen LogP contribution in [0.1, 0.15) is 24.8 Å². The van der Waals surface area contributed by atoms with Crippen molar-refractivity contribution in [2.75, 3.05) is 19.8 Å². The summed E-state index contributed by atoms with van der Waals surface area (Å²) < 4.78 is 23.7. The minimum atomic E-state index is -0.269. The number of halogens is 1. The van der Waals surface area contributed by atoms with Crippen LogP contribution in [0.2, 0.25) is 0 Å². The molecule has 0 unspecified atom stereocenters. The van der Waals surface area contributed by atoms with Crippen molar-refractivity contribution in [3.63, 3.8) is 0 Å². The van der Waals surface area contributed by atoms with E-state index in [1.165, 1.54) is 12.1 Å². The third kappa shape index (κ3) is 5.27. The van der Waals surface area contributed by atoms with E-state index in [9.17, 15) is 9.18 Å². The van der Waals surface area contributed by atoms with Crippen LogP contribution >= 0.6 is 0 Å². The summed E-state index contributed by atoms with van der Waals surface area (Å²) >= 11 is 0. The number of benzene rings is 1. The molecule has 1 aromatic rings. The van der Waals surface area contributed by atoms with Crippen LogP contribution in [-0.2, 0) is 20.7 Å². The molecule has 1 aromatic carbocycles. The number of ether oxygens (including phenoxy) is 2. The highest BCUT2D eigenvalue weighted by Crippen LogP contribution is 2.08. The maximum atomic E-state index is 13.0. The molecule has 0 radical (unpaired) electrons. The van der Waals surface area contributed by atoms with Gasteiger partial charge in [0.2, 0.25) is 5.91 Å². The highest BCUT2D eigenvalue weighted by molar-refractivity contribution is 5.76. The lowest BCUT2D eigenvalue weighted by Gasteiger charge is -2.23.